The molecule has 4 aromatic rings. The standard InChI is InChI=1S/C27H29N3O2S/c1-29(2)17-8-18-30(27-28-25-23(32-3)11-7-12-24(25)33-27)26(31)22-15-13-21(14-16-22)19-20-9-5-4-6-10-20/h4-7,9-16H,8,17-19H2,1-3H3. The third-order valence-corrected chi connectivity index (χ3v) is 6.55. The Labute approximate surface area is 199 Å². The Morgan fingerprint density at radius 2 is 1.64 bits per heavy atom. The number of ether oxygens (including phenoxy) is 1. The Morgan fingerprint density at radius 3 is 2.33 bits per heavy atom. The molecule has 170 valence electrons. The van der Waals surface area contributed by atoms with Gasteiger partial charge in [-0.25, -0.2) is 4.98 Å². The van der Waals surface area contributed by atoms with Crippen molar-refractivity contribution in [3.8, 4) is 5.75 Å². The third-order valence-electron chi connectivity index (χ3n) is 5.51. The zero-order valence-electron chi connectivity index (χ0n) is 19.3. The Kier molecular flexibility index (Phi) is 7.37. The van der Waals surface area contributed by atoms with Crippen LogP contribution >= 0.6 is 11.3 Å². The first-order chi connectivity index (χ1) is 16.0. The van der Waals surface area contributed by atoms with E-state index in [-0.39, 0.29) is 5.91 Å². The average molecular weight is 460 g/mol. The Hall–Kier alpha value is -3.22. The van der Waals surface area contributed by atoms with E-state index in [1.807, 2.05) is 74.8 Å². The van der Waals surface area contributed by atoms with Crippen molar-refractivity contribution in [2.75, 3.05) is 39.2 Å². The lowest BCUT2D eigenvalue weighted by Gasteiger charge is -2.21. The van der Waals surface area contributed by atoms with Crippen LogP contribution < -0.4 is 9.64 Å². The number of thiazole rings is 1. The van der Waals surface area contributed by atoms with E-state index in [4.69, 9.17) is 9.72 Å². The van der Waals surface area contributed by atoms with E-state index >= 15 is 0 Å². The number of rotatable bonds is 9. The van der Waals surface area contributed by atoms with Gasteiger partial charge in [-0.2, -0.15) is 0 Å². The fraction of sp³-hybridized carbons (Fsp3) is 0.259. The van der Waals surface area contributed by atoms with Crippen LogP contribution in [0.5, 0.6) is 5.75 Å². The zero-order chi connectivity index (χ0) is 23.2. The van der Waals surface area contributed by atoms with Crippen molar-refractivity contribution in [1.29, 1.82) is 0 Å². The lowest BCUT2D eigenvalue weighted by atomic mass is 10.0. The quantitative estimate of drug-likeness (QED) is 0.332. The summed E-state index contributed by atoms with van der Waals surface area (Å²) >= 11 is 1.52. The first kappa shape index (κ1) is 23.0. The second-order valence-electron chi connectivity index (χ2n) is 8.28. The molecule has 1 amide bonds. The van der Waals surface area contributed by atoms with Crippen molar-refractivity contribution in [3.63, 3.8) is 0 Å². The van der Waals surface area contributed by atoms with Crippen molar-refractivity contribution in [3.05, 3.63) is 89.5 Å². The maximum atomic E-state index is 13.6. The van der Waals surface area contributed by atoms with E-state index < -0.39 is 0 Å². The molecule has 0 aliphatic rings. The van der Waals surface area contributed by atoms with E-state index in [9.17, 15) is 4.79 Å². The molecule has 4 rings (SSSR count). The van der Waals surface area contributed by atoms with E-state index in [1.165, 1.54) is 22.5 Å². The van der Waals surface area contributed by atoms with E-state index in [2.05, 4.69) is 17.0 Å². The number of hydrogen-bond donors (Lipinski definition) is 0. The fourth-order valence-corrected chi connectivity index (χ4v) is 4.78. The van der Waals surface area contributed by atoms with Crippen LogP contribution in [0.2, 0.25) is 0 Å². The minimum Gasteiger partial charge on any atom is -0.494 e. The number of amides is 1. The van der Waals surface area contributed by atoms with Gasteiger partial charge in [-0.05, 0) is 68.9 Å². The summed E-state index contributed by atoms with van der Waals surface area (Å²) in [5, 5.41) is 0.701. The van der Waals surface area contributed by atoms with Crippen molar-refractivity contribution in [2.24, 2.45) is 0 Å². The number of nitrogens with zero attached hydrogens (tertiary/aromatic N) is 3. The molecule has 0 N–H and O–H groups in total. The Balaban J connectivity index is 1.59. The number of para-hydroxylation sites is 1. The highest BCUT2D eigenvalue weighted by Crippen LogP contribution is 2.34. The van der Waals surface area contributed by atoms with Gasteiger partial charge in [0.1, 0.15) is 11.3 Å². The molecule has 0 spiro atoms. The number of carbonyl (C=O) groups excluding carboxylic acids is 1. The molecule has 0 aliphatic carbocycles. The van der Waals surface area contributed by atoms with E-state index in [0.717, 1.165) is 35.4 Å². The van der Waals surface area contributed by atoms with E-state index in [1.54, 1.807) is 12.0 Å². The summed E-state index contributed by atoms with van der Waals surface area (Å²) < 4.78 is 6.48. The van der Waals surface area contributed by atoms with E-state index in [0.29, 0.717) is 17.2 Å². The topological polar surface area (TPSA) is 45.7 Å². The summed E-state index contributed by atoms with van der Waals surface area (Å²) in [6, 6.07) is 24.1. The van der Waals surface area contributed by atoms with Gasteiger partial charge >= 0.3 is 0 Å². The van der Waals surface area contributed by atoms with Gasteiger partial charge < -0.3 is 9.64 Å². The van der Waals surface area contributed by atoms with Crippen molar-refractivity contribution < 1.29 is 9.53 Å². The molecular formula is C27H29N3O2S. The molecule has 1 heterocycles. The zero-order valence-corrected chi connectivity index (χ0v) is 20.1. The highest BCUT2D eigenvalue weighted by atomic mass is 32.1. The summed E-state index contributed by atoms with van der Waals surface area (Å²) in [5.41, 5.74) is 3.90. The van der Waals surface area contributed by atoms with Crippen LogP contribution in [0.1, 0.15) is 27.9 Å². The number of fused-ring (bicyclic) bond motifs is 1. The minimum absolute atomic E-state index is 0.0296. The molecule has 5 nitrogen and oxygen atoms in total. The van der Waals surface area contributed by atoms with Crippen LogP contribution in [0.15, 0.2) is 72.8 Å². The molecule has 3 aromatic carbocycles. The van der Waals surface area contributed by atoms with Crippen LogP contribution in [0.25, 0.3) is 10.2 Å². The van der Waals surface area contributed by atoms with Gasteiger partial charge in [0.05, 0.1) is 11.8 Å². The molecular weight excluding hydrogens is 430 g/mol. The Morgan fingerprint density at radius 1 is 0.909 bits per heavy atom. The first-order valence-electron chi connectivity index (χ1n) is 11.1. The summed E-state index contributed by atoms with van der Waals surface area (Å²) in [6.45, 7) is 1.50. The van der Waals surface area contributed by atoms with Gasteiger partial charge in [-0.1, -0.05) is 59.9 Å². The molecule has 0 radical (unpaired) electrons. The second-order valence-corrected chi connectivity index (χ2v) is 9.29. The lowest BCUT2D eigenvalue weighted by molar-refractivity contribution is 0.0986. The summed E-state index contributed by atoms with van der Waals surface area (Å²) in [7, 11) is 5.73. The largest absolute Gasteiger partial charge is 0.494 e. The summed E-state index contributed by atoms with van der Waals surface area (Å²) in [6.07, 6.45) is 1.71. The maximum Gasteiger partial charge on any atom is 0.260 e. The monoisotopic (exact) mass is 459 g/mol. The molecule has 0 saturated carbocycles. The molecule has 0 aliphatic heterocycles. The van der Waals surface area contributed by atoms with Gasteiger partial charge in [0, 0.05) is 12.1 Å². The third kappa shape index (κ3) is 5.59. The van der Waals surface area contributed by atoms with Gasteiger partial charge in [-0.3, -0.25) is 9.69 Å². The fourth-order valence-electron chi connectivity index (χ4n) is 3.77. The molecule has 33 heavy (non-hydrogen) atoms. The molecule has 6 heteroatoms. The SMILES string of the molecule is COc1cccc2sc(N(CCCN(C)C)C(=O)c3ccc(Cc4ccccc4)cc3)nc12. The van der Waals surface area contributed by atoms with Crippen molar-refractivity contribution >= 4 is 32.6 Å². The maximum absolute atomic E-state index is 13.6. The molecule has 0 unspecified atom stereocenters. The lowest BCUT2D eigenvalue weighted by Crippen LogP contribution is -2.33. The van der Waals surface area contributed by atoms with Gasteiger partial charge in [0.15, 0.2) is 5.13 Å². The highest BCUT2D eigenvalue weighted by molar-refractivity contribution is 7.22. The van der Waals surface area contributed by atoms with Crippen molar-refractivity contribution in [1.82, 2.24) is 9.88 Å². The average Bonchev–Trinajstić information content (AvgIpc) is 3.26. The minimum atomic E-state index is -0.0296. The van der Waals surface area contributed by atoms with Crippen LogP contribution in [-0.4, -0.2) is 50.1 Å². The van der Waals surface area contributed by atoms with Crippen LogP contribution in [0.3, 0.4) is 0 Å². The van der Waals surface area contributed by atoms with Crippen LogP contribution in [-0.2, 0) is 6.42 Å². The highest BCUT2D eigenvalue weighted by Gasteiger charge is 2.22. The van der Waals surface area contributed by atoms with Gasteiger partial charge in [-0.15, -0.1) is 0 Å². The number of hydrogen-bond acceptors (Lipinski definition) is 5. The normalized spacial score (nSPS) is 11.2. The van der Waals surface area contributed by atoms with Crippen LogP contribution in [0.4, 0.5) is 5.13 Å². The number of methoxy groups -OCH3 is 1. The van der Waals surface area contributed by atoms with Crippen molar-refractivity contribution in [2.45, 2.75) is 12.8 Å². The number of benzene rings is 3. The molecule has 1 aromatic heterocycles. The summed E-state index contributed by atoms with van der Waals surface area (Å²) in [4.78, 5) is 22.3. The summed E-state index contributed by atoms with van der Waals surface area (Å²) in [5.74, 6) is 0.694. The molecule has 0 bridgehead atoms. The first-order valence-corrected chi connectivity index (χ1v) is 11.9. The van der Waals surface area contributed by atoms with Crippen LogP contribution in [0, 0.1) is 0 Å². The number of carbonyl (C=O) groups is 1. The predicted octanol–water partition coefficient (Wildman–Crippen LogP) is 5.49. The number of aromatic nitrogens is 1. The molecule has 0 fully saturated rings. The van der Waals surface area contributed by atoms with Gasteiger partial charge in [0.25, 0.3) is 5.91 Å². The predicted molar refractivity (Wildman–Crippen MR) is 137 cm³/mol. The molecule has 0 atom stereocenters. The Bertz CT molecular complexity index is 1200. The number of anilines is 1. The van der Waals surface area contributed by atoms with Gasteiger partial charge in [0.2, 0.25) is 0 Å². The smallest absolute Gasteiger partial charge is 0.260 e. The second kappa shape index (κ2) is 10.6. The molecule has 0 saturated heterocycles.